The maximum Gasteiger partial charge on any atom is 0.251 e. The molecule has 1 aromatic rings. The van der Waals surface area contributed by atoms with Crippen LogP contribution in [0.4, 0.5) is 0 Å². The van der Waals surface area contributed by atoms with E-state index in [1.165, 1.54) is 0 Å². The fraction of sp³-hybridized carbons (Fsp3) is 0.500. The predicted molar refractivity (Wildman–Crippen MR) is 78.8 cm³/mol. The van der Waals surface area contributed by atoms with Crippen molar-refractivity contribution < 1.29 is 5.03 Å². The number of nitrogens with two attached hydrogens (primary N) is 2. The van der Waals surface area contributed by atoms with Crippen molar-refractivity contribution in [3.05, 3.63) is 40.2 Å². The molecule has 0 aromatic carbocycles. The fourth-order valence-corrected chi connectivity index (χ4v) is 1.80. The van der Waals surface area contributed by atoms with Crippen molar-refractivity contribution in [3.8, 4) is 0 Å². The largest absolute Gasteiger partial charge is 0.365 e. The number of aromatic nitrogens is 1. The Labute approximate surface area is 123 Å². The van der Waals surface area contributed by atoms with Crippen LogP contribution >= 0.6 is 0 Å². The molecule has 0 aliphatic rings. The number of guanidine groups is 1. The minimum absolute atomic E-state index is 0.0837. The number of hydrogen-bond acceptors (Lipinski definition) is 6. The molecule has 0 unspecified atom stereocenters. The first-order valence-electron chi connectivity index (χ1n) is 6.61. The molecule has 0 fully saturated rings. The molecule has 0 bridgehead atoms. The summed E-state index contributed by atoms with van der Waals surface area (Å²) in [6.45, 7) is 1.39. The van der Waals surface area contributed by atoms with E-state index in [4.69, 9.17) is 16.9 Å². The van der Waals surface area contributed by atoms with Crippen molar-refractivity contribution in [2.45, 2.75) is 25.4 Å². The van der Waals surface area contributed by atoms with Crippen LogP contribution in [0.15, 0.2) is 24.5 Å². The number of nitrogens with zero attached hydrogens (tertiary/aromatic N) is 3. The van der Waals surface area contributed by atoms with E-state index in [-0.39, 0.29) is 12.6 Å². The summed E-state index contributed by atoms with van der Waals surface area (Å²) in [7, 11) is 0. The highest BCUT2D eigenvalue weighted by Crippen LogP contribution is 1.99. The monoisotopic (exact) mass is 295 g/mol. The summed E-state index contributed by atoms with van der Waals surface area (Å²) >= 11 is 0. The maximum atomic E-state index is 10.6. The number of hydrogen-bond donors (Lipinski definition) is 4. The van der Waals surface area contributed by atoms with Gasteiger partial charge < -0.3 is 16.8 Å². The predicted octanol–water partition coefficient (Wildman–Crippen LogP) is -0.334. The summed E-state index contributed by atoms with van der Waals surface area (Å²) < 4.78 is 0. The van der Waals surface area contributed by atoms with E-state index >= 15 is 0 Å². The standard InChI is InChI=1S/C12H21N7O2/c13-11(2-1-7-18(12(14)15)19(20)21)9-17-8-10-3-5-16-6-4-10/h3-6,11,17H,1-2,7-9,13H2,(H3,14,15)/t11-/m0/s1. The fourth-order valence-electron chi connectivity index (χ4n) is 1.80. The molecular formula is C12H21N7O2. The van der Waals surface area contributed by atoms with E-state index in [0.717, 1.165) is 5.56 Å². The van der Waals surface area contributed by atoms with Gasteiger partial charge >= 0.3 is 0 Å². The highest BCUT2D eigenvalue weighted by Gasteiger charge is 2.17. The van der Waals surface area contributed by atoms with E-state index < -0.39 is 11.0 Å². The van der Waals surface area contributed by atoms with Crippen LogP contribution in [-0.2, 0) is 6.54 Å². The van der Waals surface area contributed by atoms with Crippen LogP contribution in [0.5, 0.6) is 0 Å². The Kier molecular flexibility index (Phi) is 7.05. The Morgan fingerprint density at radius 3 is 2.76 bits per heavy atom. The Balaban J connectivity index is 2.18. The van der Waals surface area contributed by atoms with Gasteiger partial charge in [-0.25, -0.2) is 10.1 Å². The van der Waals surface area contributed by atoms with Crippen LogP contribution in [0.1, 0.15) is 18.4 Å². The zero-order valence-corrected chi connectivity index (χ0v) is 11.7. The Morgan fingerprint density at radius 2 is 2.19 bits per heavy atom. The molecule has 9 nitrogen and oxygen atoms in total. The van der Waals surface area contributed by atoms with Gasteiger partial charge in [-0.15, -0.1) is 0 Å². The summed E-state index contributed by atoms with van der Waals surface area (Å²) in [4.78, 5) is 14.5. The normalized spacial score (nSPS) is 11.9. The minimum Gasteiger partial charge on any atom is -0.365 e. The van der Waals surface area contributed by atoms with Gasteiger partial charge in [0.2, 0.25) is 0 Å². The van der Waals surface area contributed by atoms with E-state index in [2.05, 4.69) is 10.3 Å². The van der Waals surface area contributed by atoms with Gasteiger partial charge in [-0.3, -0.25) is 10.4 Å². The van der Waals surface area contributed by atoms with Gasteiger partial charge in [-0.2, -0.15) is 0 Å². The average Bonchev–Trinajstić information content (AvgIpc) is 2.44. The third-order valence-corrected chi connectivity index (χ3v) is 2.91. The van der Waals surface area contributed by atoms with Gasteiger partial charge in [-0.1, -0.05) is 5.01 Å². The molecule has 116 valence electrons. The van der Waals surface area contributed by atoms with Crippen LogP contribution in [0.3, 0.4) is 0 Å². The second-order valence-electron chi connectivity index (χ2n) is 4.63. The lowest BCUT2D eigenvalue weighted by Gasteiger charge is -2.15. The van der Waals surface area contributed by atoms with Crippen molar-refractivity contribution in [2.24, 2.45) is 11.5 Å². The lowest BCUT2D eigenvalue weighted by Crippen LogP contribution is -2.42. The Bertz CT molecular complexity index is 440. The molecule has 21 heavy (non-hydrogen) atoms. The smallest absolute Gasteiger partial charge is 0.251 e. The number of nitrogens with one attached hydrogen (secondary N) is 2. The zero-order chi connectivity index (χ0) is 15.7. The highest BCUT2D eigenvalue weighted by molar-refractivity contribution is 5.73. The molecule has 0 saturated heterocycles. The third kappa shape index (κ3) is 6.63. The molecule has 0 aliphatic heterocycles. The topological polar surface area (TPSA) is 147 Å². The van der Waals surface area contributed by atoms with Crippen molar-refractivity contribution >= 4 is 5.96 Å². The Hall–Kier alpha value is -2.26. The van der Waals surface area contributed by atoms with Gasteiger partial charge in [0.05, 0.1) is 6.54 Å². The lowest BCUT2D eigenvalue weighted by molar-refractivity contribution is -0.629. The van der Waals surface area contributed by atoms with Crippen molar-refractivity contribution in [2.75, 3.05) is 13.1 Å². The molecule has 0 saturated carbocycles. The summed E-state index contributed by atoms with van der Waals surface area (Å²) in [5.74, 6) is -0.565. The van der Waals surface area contributed by atoms with Crippen LogP contribution < -0.4 is 16.8 Å². The minimum atomic E-state index is -0.685. The van der Waals surface area contributed by atoms with Crippen molar-refractivity contribution in [1.29, 1.82) is 5.41 Å². The SMILES string of the molecule is N=C(N)N(CCC[C@H](N)CNCc1ccncc1)[N+](=O)[O-]. The number of pyridine rings is 1. The van der Waals surface area contributed by atoms with Gasteiger partial charge in [0.1, 0.15) is 0 Å². The molecule has 1 rings (SSSR count). The first kappa shape index (κ1) is 16.8. The van der Waals surface area contributed by atoms with Crippen LogP contribution in [0, 0.1) is 15.5 Å². The number of nitro groups is 1. The first-order chi connectivity index (χ1) is 10.0. The molecule has 6 N–H and O–H groups in total. The molecule has 1 atom stereocenters. The van der Waals surface area contributed by atoms with Crippen LogP contribution in [0.25, 0.3) is 0 Å². The first-order valence-corrected chi connectivity index (χ1v) is 6.61. The van der Waals surface area contributed by atoms with Gasteiger partial charge in [-0.05, 0) is 30.5 Å². The summed E-state index contributed by atoms with van der Waals surface area (Å²) in [6, 6.07) is 3.73. The lowest BCUT2D eigenvalue weighted by atomic mass is 10.1. The molecule has 1 heterocycles. The molecular weight excluding hydrogens is 274 g/mol. The third-order valence-electron chi connectivity index (χ3n) is 2.91. The molecule has 0 spiro atoms. The number of hydrazine groups is 1. The summed E-state index contributed by atoms with van der Waals surface area (Å²) in [5.41, 5.74) is 12.2. The molecule has 0 radical (unpaired) electrons. The molecule has 0 amide bonds. The van der Waals surface area contributed by atoms with Gasteiger partial charge in [0.25, 0.3) is 5.96 Å². The van der Waals surface area contributed by atoms with E-state index in [0.29, 0.717) is 30.9 Å². The zero-order valence-electron chi connectivity index (χ0n) is 11.7. The molecule has 0 aliphatic carbocycles. The van der Waals surface area contributed by atoms with Crippen LogP contribution in [-0.4, -0.2) is 40.1 Å². The maximum absolute atomic E-state index is 10.6. The van der Waals surface area contributed by atoms with Crippen molar-refractivity contribution in [3.63, 3.8) is 0 Å². The van der Waals surface area contributed by atoms with Crippen molar-refractivity contribution in [1.82, 2.24) is 15.3 Å². The second-order valence-corrected chi connectivity index (χ2v) is 4.63. The highest BCUT2D eigenvalue weighted by atomic mass is 16.7. The quantitative estimate of drug-likeness (QED) is 0.211. The average molecular weight is 295 g/mol. The van der Waals surface area contributed by atoms with E-state index in [9.17, 15) is 10.1 Å². The molecule has 1 aromatic heterocycles. The second kappa shape index (κ2) is 8.82. The summed E-state index contributed by atoms with van der Waals surface area (Å²) in [5, 5.41) is 20.8. The molecule has 9 heteroatoms. The Morgan fingerprint density at radius 1 is 1.52 bits per heavy atom. The van der Waals surface area contributed by atoms with Gasteiger partial charge in [0, 0.05) is 31.5 Å². The van der Waals surface area contributed by atoms with Gasteiger partial charge in [0.15, 0.2) is 5.03 Å². The van der Waals surface area contributed by atoms with Crippen LogP contribution in [0.2, 0.25) is 0 Å². The summed E-state index contributed by atoms with van der Waals surface area (Å²) in [6.07, 6.45) is 4.56. The number of rotatable bonds is 9. The van der Waals surface area contributed by atoms with E-state index in [1.54, 1.807) is 12.4 Å². The van der Waals surface area contributed by atoms with E-state index in [1.807, 2.05) is 12.1 Å².